The van der Waals surface area contributed by atoms with Gasteiger partial charge in [0.2, 0.25) is 0 Å². The molecule has 0 saturated carbocycles. The van der Waals surface area contributed by atoms with Crippen molar-refractivity contribution in [3.05, 3.63) is 57.5 Å². The molecule has 0 aliphatic rings. The van der Waals surface area contributed by atoms with E-state index in [9.17, 15) is 4.79 Å². The molecule has 4 nitrogen and oxygen atoms in total. The zero-order valence-electron chi connectivity index (χ0n) is 12.0. The number of rotatable bonds is 4. The number of hydrogen-bond donors (Lipinski definition) is 0. The molecule has 3 rings (SSSR count). The highest BCUT2D eigenvalue weighted by Crippen LogP contribution is 2.16. The molecule has 2 heterocycles. The summed E-state index contributed by atoms with van der Waals surface area (Å²) in [4.78, 5) is 17.3. The Hall–Kier alpha value is -2.14. The Morgan fingerprint density at radius 1 is 1.24 bits per heavy atom. The minimum absolute atomic E-state index is 0.00901. The number of aromatic nitrogens is 2. The molecule has 108 valence electrons. The number of ether oxygens (including phenoxy) is 1. The van der Waals surface area contributed by atoms with Gasteiger partial charge in [0, 0.05) is 0 Å². The van der Waals surface area contributed by atoms with E-state index >= 15 is 0 Å². The minimum Gasteiger partial charge on any atom is -0.492 e. The van der Waals surface area contributed by atoms with E-state index in [2.05, 4.69) is 11.1 Å². The number of fused-ring (bicyclic) bond motifs is 1. The maximum atomic E-state index is 12.2. The molecular formula is C16H16N2O2S. The smallest absolute Gasteiger partial charge is 0.262 e. The Kier molecular flexibility index (Phi) is 3.75. The molecule has 0 aliphatic heterocycles. The summed E-state index contributed by atoms with van der Waals surface area (Å²) in [5.74, 6) is 0.838. The number of nitrogens with zero attached hydrogens (tertiary/aromatic N) is 2. The highest BCUT2D eigenvalue weighted by molar-refractivity contribution is 7.16. The SMILES string of the molecule is Cc1cc(C)cc(OCCn2cnc3sccc3c2=O)c1. The van der Waals surface area contributed by atoms with Gasteiger partial charge in [-0.15, -0.1) is 11.3 Å². The second kappa shape index (κ2) is 5.69. The summed E-state index contributed by atoms with van der Waals surface area (Å²) < 4.78 is 7.33. The first-order chi connectivity index (χ1) is 10.1. The zero-order valence-corrected chi connectivity index (χ0v) is 12.8. The molecule has 0 bridgehead atoms. The molecule has 0 atom stereocenters. The van der Waals surface area contributed by atoms with E-state index in [4.69, 9.17) is 4.74 Å². The van der Waals surface area contributed by atoms with Crippen molar-refractivity contribution in [3.8, 4) is 5.75 Å². The Morgan fingerprint density at radius 2 is 2.00 bits per heavy atom. The third kappa shape index (κ3) is 2.97. The highest BCUT2D eigenvalue weighted by atomic mass is 32.1. The van der Waals surface area contributed by atoms with Crippen molar-refractivity contribution >= 4 is 21.6 Å². The summed E-state index contributed by atoms with van der Waals surface area (Å²) >= 11 is 1.48. The summed E-state index contributed by atoms with van der Waals surface area (Å²) in [5, 5.41) is 2.56. The fourth-order valence-corrected chi connectivity index (χ4v) is 3.05. The molecule has 0 aliphatic carbocycles. The van der Waals surface area contributed by atoms with E-state index in [-0.39, 0.29) is 5.56 Å². The Morgan fingerprint density at radius 3 is 2.76 bits per heavy atom. The van der Waals surface area contributed by atoms with Gasteiger partial charge in [-0.1, -0.05) is 6.07 Å². The molecule has 3 aromatic rings. The van der Waals surface area contributed by atoms with Crippen LogP contribution in [0, 0.1) is 13.8 Å². The molecule has 0 radical (unpaired) electrons. The van der Waals surface area contributed by atoms with Gasteiger partial charge in [0.1, 0.15) is 17.2 Å². The molecule has 21 heavy (non-hydrogen) atoms. The summed E-state index contributed by atoms with van der Waals surface area (Å²) in [5.41, 5.74) is 2.33. The van der Waals surface area contributed by atoms with Gasteiger partial charge in [0.15, 0.2) is 0 Å². The number of benzene rings is 1. The molecule has 0 saturated heterocycles. The van der Waals surface area contributed by atoms with E-state index in [0.717, 1.165) is 10.6 Å². The summed E-state index contributed by atoms with van der Waals surface area (Å²) in [7, 11) is 0. The van der Waals surface area contributed by atoms with Gasteiger partial charge in [0.25, 0.3) is 5.56 Å². The first-order valence-corrected chi connectivity index (χ1v) is 7.65. The fraction of sp³-hybridized carbons (Fsp3) is 0.250. The average molecular weight is 300 g/mol. The van der Waals surface area contributed by atoms with Crippen LogP contribution in [-0.4, -0.2) is 16.2 Å². The quantitative estimate of drug-likeness (QED) is 0.743. The van der Waals surface area contributed by atoms with E-state index in [0.29, 0.717) is 18.5 Å². The van der Waals surface area contributed by atoms with Gasteiger partial charge >= 0.3 is 0 Å². The van der Waals surface area contributed by atoms with Crippen LogP contribution >= 0.6 is 11.3 Å². The Balaban J connectivity index is 1.72. The van der Waals surface area contributed by atoms with E-state index in [1.54, 1.807) is 10.9 Å². The van der Waals surface area contributed by atoms with Crippen LogP contribution in [0.2, 0.25) is 0 Å². The summed E-state index contributed by atoms with van der Waals surface area (Å²) in [6.07, 6.45) is 1.59. The minimum atomic E-state index is -0.00901. The van der Waals surface area contributed by atoms with Gasteiger partial charge in [-0.25, -0.2) is 4.98 Å². The molecule has 0 amide bonds. The Bertz CT molecular complexity index is 815. The monoisotopic (exact) mass is 300 g/mol. The number of thiophene rings is 1. The van der Waals surface area contributed by atoms with E-state index < -0.39 is 0 Å². The predicted octanol–water partition coefficient (Wildman–Crippen LogP) is 3.15. The lowest BCUT2D eigenvalue weighted by molar-refractivity contribution is 0.295. The summed E-state index contributed by atoms with van der Waals surface area (Å²) in [6.45, 7) is 5.02. The van der Waals surface area contributed by atoms with Crippen molar-refractivity contribution in [3.63, 3.8) is 0 Å². The molecule has 0 spiro atoms. The third-order valence-electron chi connectivity index (χ3n) is 3.25. The zero-order chi connectivity index (χ0) is 14.8. The van der Waals surface area contributed by atoms with Crippen LogP contribution in [0.5, 0.6) is 5.75 Å². The van der Waals surface area contributed by atoms with E-state index in [1.807, 2.05) is 37.4 Å². The molecule has 2 aromatic heterocycles. The molecular weight excluding hydrogens is 284 g/mol. The molecule has 1 aromatic carbocycles. The van der Waals surface area contributed by atoms with E-state index in [1.165, 1.54) is 22.5 Å². The van der Waals surface area contributed by atoms with Crippen LogP contribution in [-0.2, 0) is 6.54 Å². The van der Waals surface area contributed by atoms with Crippen molar-refractivity contribution in [2.45, 2.75) is 20.4 Å². The number of aryl methyl sites for hydroxylation is 2. The lowest BCUT2D eigenvalue weighted by Gasteiger charge is -2.09. The van der Waals surface area contributed by atoms with Crippen LogP contribution in [0.3, 0.4) is 0 Å². The second-order valence-corrected chi connectivity index (χ2v) is 5.95. The van der Waals surface area contributed by atoms with Crippen LogP contribution in [0.4, 0.5) is 0 Å². The molecule has 5 heteroatoms. The van der Waals surface area contributed by atoms with Gasteiger partial charge in [0.05, 0.1) is 18.3 Å². The maximum absolute atomic E-state index is 12.2. The van der Waals surface area contributed by atoms with Crippen molar-refractivity contribution in [1.29, 1.82) is 0 Å². The first kappa shape index (κ1) is 13.8. The Labute approximate surface area is 126 Å². The molecule has 0 N–H and O–H groups in total. The number of hydrogen-bond acceptors (Lipinski definition) is 4. The lowest BCUT2D eigenvalue weighted by atomic mass is 10.1. The predicted molar refractivity (Wildman–Crippen MR) is 85.3 cm³/mol. The normalized spacial score (nSPS) is 11.0. The van der Waals surface area contributed by atoms with Crippen molar-refractivity contribution in [2.24, 2.45) is 0 Å². The van der Waals surface area contributed by atoms with Gasteiger partial charge in [-0.05, 0) is 48.6 Å². The van der Waals surface area contributed by atoms with Crippen LogP contribution < -0.4 is 10.3 Å². The molecule has 0 unspecified atom stereocenters. The highest BCUT2D eigenvalue weighted by Gasteiger charge is 2.05. The largest absolute Gasteiger partial charge is 0.492 e. The summed E-state index contributed by atoms with van der Waals surface area (Å²) in [6, 6.07) is 7.91. The van der Waals surface area contributed by atoms with Crippen LogP contribution in [0.25, 0.3) is 10.2 Å². The van der Waals surface area contributed by atoms with Crippen molar-refractivity contribution in [1.82, 2.24) is 9.55 Å². The second-order valence-electron chi connectivity index (χ2n) is 5.05. The van der Waals surface area contributed by atoms with Gasteiger partial charge in [-0.2, -0.15) is 0 Å². The standard InChI is InChI=1S/C16H16N2O2S/c1-11-7-12(2)9-13(8-11)20-5-4-18-10-17-15-14(16(18)19)3-6-21-15/h3,6-10H,4-5H2,1-2H3. The topological polar surface area (TPSA) is 44.1 Å². The van der Waals surface area contributed by atoms with Crippen molar-refractivity contribution in [2.75, 3.05) is 6.61 Å². The molecule has 0 fully saturated rings. The third-order valence-corrected chi connectivity index (χ3v) is 4.07. The lowest BCUT2D eigenvalue weighted by Crippen LogP contribution is -2.23. The fourth-order valence-electron chi connectivity index (χ4n) is 2.33. The van der Waals surface area contributed by atoms with Crippen LogP contribution in [0.1, 0.15) is 11.1 Å². The van der Waals surface area contributed by atoms with Crippen LogP contribution in [0.15, 0.2) is 40.8 Å². The van der Waals surface area contributed by atoms with Crippen molar-refractivity contribution < 1.29 is 4.74 Å². The van der Waals surface area contributed by atoms with Gasteiger partial charge in [-0.3, -0.25) is 9.36 Å². The maximum Gasteiger partial charge on any atom is 0.262 e. The van der Waals surface area contributed by atoms with Gasteiger partial charge < -0.3 is 4.74 Å². The average Bonchev–Trinajstić information content (AvgIpc) is 2.89. The first-order valence-electron chi connectivity index (χ1n) is 6.77.